The molecule has 2 unspecified atom stereocenters. The highest BCUT2D eigenvalue weighted by atomic mass is 32.1. The van der Waals surface area contributed by atoms with Gasteiger partial charge in [0.15, 0.2) is 0 Å². The Kier molecular flexibility index (Phi) is 4.74. The Morgan fingerprint density at radius 2 is 2.00 bits per heavy atom. The molecular formula is C12H22N2S. The van der Waals surface area contributed by atoms with Crippen LogP contribution in [0.4, 0.5) is 0 Å². The van der Waals surface area contributed by atoms with E-state index < -0.39 is 0 Å². The van der Waals surface area contributed by atoms with Gasteiger partial charge in [-0.2, -0.15) is 0 Å². The van der Waals surface area contributed by atoms with Gasteiger partial charge in [0.25, 0.3) is 0 Å². The van der Waals surface area contributed by atoms with Gasteiger partial charge in [-0.3, -0.25) is 0 Å². The molecule has 1 N–H and O–H groups in total. The second-order valence-corrected chi connectivity index (χ2v) is 5.35. The van der Waals surface area contributed by atoms with E-state index in [2.05, 4.69) is 50.3 Å². The summed E-state index contributed by atoms with van der Waals surface area (Å²) in [5.74, 6) is 0.541. The summed E-state index contributed by atoms with van der Waals surface area (Å²) in [4.78, 5) is 4.65. The normalized spacial score (nSPS) is 15.6. The Labute approximate surface area is 97.1 Å². The largest absolute Gasteiger partial charge is 0.306 e. The van der Waals surface area contributed by atoms with Crippen molar-refractivity contribution in [3.8, 4) is 0 Å². The van der Waals surface area contributed by atoms with Crippen molar-refractivity contribution in [1.29, 1.82) is 0 Å². The minimum absolute atomic E-state index is 0.365. The lowest BCUT2D eigenvalue weighted by molar-refractivity contribution is 0.463. The topological polar surface area (TPSA) is 24.9 Å². The third kappa shape index (κ3) is 3.58. The molecule has 0 aliphatic rings. The quantitative estimate of drug-likeness (QED) is 0.827. The van der Waals surface area contributed by atoms with Crippen molar-refractivity contribution in [2.75, 3.05) is 0 Å². The van der Waals surface area contributed by atoms with Crippen LogP contribution in [0.1, 0.15) is 63.7 Å². The van der Waals surface area contributed by atoms with E-state index in [0.29, 0.717) is 18.0 Å². The molecule has 0 radical (unpaired) electrons. The maximum atomic E-state index is 4.65. The van der Waals surface area contributed by atoms with Crippen LogP contribution in [0.15, 0.2) is 5.38 Å². The van der Waals surface area contributed by atoms with Gasteiger partial charge in [0.2, 0.25) is 0 Å². The molecule has 1 aromatic rings. The van der Waals surface area contributed by atoms with Crippen LogP contribution in [0.2, 0.25) is 0 Å². The molecule has 0 aromatic carbocycles. The fraction of sp³-hybridized carbons (Fsp3) is 0.750. The summed E-state index contributed by atoms with van der Waals surface area (Å²) < 4.78 is 0. The first kappa shape index (κ1) is 12.7. The third-order valence-corrected chi connectivity index (χ3v) is 3.79. The average molecular weight is 226 g/mol. The minimum Gasteiger partial charge on any atom is -0.306 e. The predicted molar refractivity (Wildman–Crippen MR) is 67.5 cm³/mol. The molecule has 0 fully saturated rings. The van der Waals surface area contributed by atoms with Crippen molar-refractivity contribution >= 4 is 11.3 Å². The van der Waals surface area contributed by atoms with E-state index in [4.69, 9.17) is 0 Å². The summed E-state index contributed by atoms with van der Waals surface area (Å²) in [7, 11) is 0. The Balaban J connectivity index is 2.61. The zero-order valence-corrected chi connectivity index (χ0v) is 11.2. The lowest BCUT2D eigenvalue weighted by atomic mass is 10.2. The molecular weight excluding hydrogens is 204 g/mol. The zero-order chi connectivity index (χ0) is 11.4. The first-order valence-electron chi connectivity index (χ1n) is 5.76. The van der Waals surface area contributed by atoms with Crippen molar-refractivity contribution < 1.29 is 0 Å². The number of rotatable bonds is 5. The molecule has 2 atom stereocenters. The Bertz CT molecular complexity index is 294. The van der Waals surface area contributed by atoms with E-state index in [1.807, 2.05) is 0 Å². The molecule has 0 bridgehead atoms. The Morgan fingerprint density at radius 3 is 2.47 bits per heavy atom. The smallest absolute Gasteiger partial charge is 0.0954 e. The summed E-state index contributed by atoms with van der Waals surface area (Å²) in [5, 5.41) is 6.96. The number of hydrogen-bond acceptors (Lipinski definition) is 3. The van der Waals surface area contributed by atoms with Gasteiger partial charge >= 0.3 is 0 Å². The number of nitrogens with zero attached hydrogens (tertiary/aromatic N) is 1. The van der Waals surface area contributed by atoms with Crippen LogP contribution in [0, 0.1) is 0 Å². The van der Waals surface area contributed by atoms with Crippen LogP contribution >= 0.6 is 11.3 Å². The molecule has 0 aliphatic carbocycles. The van der Waals surface area contributed by atoms with Crippen molar-refractivity contribution in [3.63, 3.8) is 0 Å². The maximum absolute atomic E-state index is 4.65. The highest BCUT2D eigenvalue weighted by Crippen LogP contribution is 2.22. The van der Waals surface area contributed by atoms with Gasteiger partial charge in [-0.15, -0.1) is 11.3 Å². The van der Waals surface area contributed by atoms with E-state index in [9.17, 15) is 0 Å². The number of aromatic nitrogens is 1. The van der Waals surface area contributed by atoms with Crippen molar-refractivity contribution in [1.82, 2.24) is 10.3 Å². The van der Waals surface area contributed by atoms with Gasteiger partial charge in [0, 0.05) is 23.4 Å². The molecule has 2 nitrogen and oxygen atoms in total. The monoisotopic (exact) mass is 226 g/mol. The molecule has 1 rings (SSSR count). The lowest BCUT2D eigenvalue weighted by Gasteiger charge is -2.16. The zero-order valence-electron chi connectivity index (χ0n) is 10.4. The van der Waals surface area contributed by atoms with Gasteiger partial charge in [0.05, 0.1) is 10.7 Å². The third-order valence-electron chi connectivity index (χ3n) is 2.62. The van der Waals surface area contributed by atoms with E-state index >= 15 is 0 Å². The number of thiazole rings is 1. The first-order chi connectivity index (χ1) is 7.04. The molecule has 15 heavy (non-hydrogen) atoms. The summed E-state index contributed by atoms with van der Waals surface area (Å²) in [5.41, 5.74) is 1.18. The molecule has 1 heterocycles. The van der Waals surface area contributed by atoms with Gasteiger partial charge < -0.3 is 5.32 Å². The van der Waals surface area contributed by atoms with Crippen LogP contribution < -0.4 is 5.32 Å². The second kappa shape index (κ2) is 5.61. The Hall–Kier alpha value is -0.410. The summed E-state index contributed by atoms with van der Waals surface area (Å²) in [6.45, 7) is 11.0. The number of nitrogens with one attached hydrogen (secondary N) is 1. The summed E-state index contributed by atoms with van der Waals surface area (Å²) >= 11 is 1.77. The maximum Gasteiger partial charge on any atom is 0.0954 e. The van der Waals surface area contributed by atoms with Crippen LogP contribution in [0.5, 0.6) is 0 Å². The molecule has 0 aliphatic heterocycles. The molecule has 0 saturated carbocycles. The number of hydrogen-bond donors (Lipinski definition) is 1. The summed E-state index contributed by atoms with van der Waals surface area (Å²) in [6, 6.07) is 0.924. The van der Waals surface area contributed by atoms with Crippen LogP contribution in [-0.2, 0) is 0 Å². The van der Waals surface area contributed by atoms with E-state index in [1.165, 1.54) is 10.7 Å². The SMILES string of the molecule is CCC(C)NC(C)c1csc(C(C)C)n1. The fourth-order valence-electron chi connectivity index (χ4n) is 1.39. The van der Waals surface area contributed by atoms with Crippen LogP contribution in [0.25, 0.3) is 0 Å². The van der Waals surface area contributed by atoms with Crippen molar-refractivity contribution in [2.24, 2.45) is 0 Å². The second-order valence-electron chi connectivity index (χ2n) is 4.46. The van der Waals surface area contributed by atoms with Gasteiger partial charge in [-0.25, -0.2) is 4.98 Å². The van der Waals surface area contributed by atoms with Crippen molar-refractivity contribution in [3.05, 3.63) is 16.1 Å². The van der Waals surface area contributed by atoms with E-state index in [-0.39, 0.29) is 0 Å². The minimum atomic E-state index is 0.365. The van der Waals surface area contributed by atoms with Crippen molar-refractivity contribution in [2.45, 2.75) is 59.0 Å². The predicted octanol–water partition coefficient (Wildman–Crippen LogP) is 3.72. The highest BCUT2D eigenvalue weighted by molar-refractivity contribution is 7.09. The van der Waals surface area contributed by atoms with Crippen LogP contribution in [-0.4, -0.2) is 11.0 Å². The molecule has 0 amide bonds. The lowest BCUT2D eigenvalue weighted by Crippen LogP contribution is -2.28. The highest BCUT2D eigenvalue weighted by Gasteiger charge is 2.12. The van der Waals surface area contributed by atoms with Gasteiger partial charge in [-0.1, -0.05) is 20.8 Å². The van der Waals surface area contributed by atoms with E-state index in [1.54, 1.807) is 11.3 Å². The molecule has 0 saturated heterocycles. The molecule has 86 valence electrons. The van der Waals surface area contributed by atoms with Gasteiger partial charge in [-0.05, 0) is 20.3 Å². The standard InChI is InChI=1S/C12H22N2S/c1-6-9(4)13-10(5)11-7-15-12(14-11)8(2)3/h7-10,13H,6H2,1-5H3. The van der Waals surface area contributed by atoms with Crippen LogP contribution in [0.3, 0.4) is 0 Å². The van der Waals surface area contributed by atoms with E-state index in [0.717, 1.165) is 6.42 Å². The Morgan fingerprint density at radius 1 is 1.33 bits per heavy atom. The summed E-state index contributed by atoms with van der Waals surface area (Å²) in [6.07, 6.45) is 1.16. The molecule has 0 spiro atoms. The van der Waals surface area contributed by atoms with Gasteiger partial charge in [0.1, 0.15) is 0 Å². The fourth-order valence-corrected chi connectivity index (χ4v) is 2.32. The molecule has 3 heteroatoms. The molecule has 1 aromatic heterocycles. The first-order valence-corrected chi connectivity index (χ1v) is 6.63. The average Bonchev–Trinajstić information content (AvgIpc) is 2.66.